The summed E-state index contributed by atoms with van der Waals surface area (Å²) in [7, 11) is -0.236. The molecule has 0 amide bonds. The topological polar surface area (TPSA) is 0 Å². The molecule has 0 heterocycles. The Morgan fingerprint density at radius 2 is 1.75 bits per heavy atom. The maximum atomic E-state index is 2.53. The molecule has 0 aromatic rings. The Morgan fingerprint density at radius 1 is 1.00 bits per heavy atom. The smallest absolute Gasteiger partial charge is 0.00825 e. The highest BCUT2D eigenvalue weighted by Gasteiger charge is 2.66. The molecule has 5 atom stereocenters. The summed E-state index contributed by atoms with van der Waals surface area (Å²) in [6.07, 6.45) is 12.3. The van der Waals surface area contributed by atoms with E-state index >= 15 is 0 Å². The molecule has 0 radical (unpaired) electrons. The molecule has 70 valence electrons. The van der Waals surface area contributed by atoms with Crippen LogP contribution in [-0.2, 0) is 0 Å². The van der Waals surface area contributed by atoms with Gasteiger partial charge in [-0.05, 0) is 67.0 Å². The lowest BCUT2D eigenvalue weighted by Crippen LogP contribution is -2.16. The van der Waals surface area contributed by atoms with Gasteiger partial charge in [0.05, 0.1) is 0 Å². The molecule has 0 bridgehead atoms. The molecule has 4 unspecified atom stereocenters. The van der Waals surface area contributed by atoms with Gasteiger partial charge in [-0.1, -0.05) is 0 Å². The van der Waals surface area contributed by atoms with E-state index in [1.165, 1.54) is 23.7 Å². The molecular weight excluding hydrogens is 164 g/mol. The van der Waals surface area contributed by atoms with E-state index in [1.807, 2.05) is 0 Å². The molecule has 12 heavy (non-hydrogen) atoms. The van der Waals surface area contributed by atoms with Crippen molar-refractivity contribution in [1.82, 2.24) is 0 Å². The van der Waals surface area contributed by atoms with E-state index in [2.05, 4.69) is 18.8 Å². The van der Waals surface area contributed by atoms with E-state index in [4.69, 9.17) is 0 Å². The first-order valence-corrected chi connectivity index (χ1v) is 8.18. The molecule has 0 saturated heterocycles. The van der Waals surface area contributed by atoms with Crippen LogP contribution in [-0.4, -0.2) is 24.0 Å². The predicted molar refractivity (Wildman–Crippen MR) is 57.0 cm³/mol. The second-order valence-electron chi connectivity index (χ2n) is 5.86. The van der Waals surface area contributed by atoms with E-state index in [-0.39, 0.29) is 10.0 Å². The summed E-state index contributed by atoms with van der Waals surface area (Å²) in [6, 6.07) is 0. The van der Waals surface area contributed by atoms with Crippen molar-refractivity contribution >= 4 is 10.0 Å². The number of hydrogen-bond acceptors (Lipinski definition) is 0. The lowest BCUT2D eigenvalue weighted by molar-refractivity contribution is 0.515. The minimum atomic E-state index is -0.236. The first-order valence-electron chi connectivity index (χ1n) is 5.26. The van der Waals surface area contributed by atoms with Crippen molar-refractivity contribution in [3.05, 3.63) is 0 Å². The van der Waals surface area contributed by atoms with Crippen LogP contribution < -0.4 is 0 Å². The minimum absolute atomic E-state index is 0.236. The van der Waals surface area contributed by atoms with Gasteiger partial charge >= 0.3 is 0 Å². The summed E-state index contributed by atoms with van der Waals surface area (Å²) in [5.41, 5.74) is 0. The van der Waals surface area contributed by atoms with Crippen LogP contribution in [0.5, 0.6) is 0 Å². The second-order valence-corrected chi connectivity index (χ2v) is 10.3. The quantitative estimate of drug-likeness (QED) is 0.588. The Labute approximate surface area is 77.4 Å². The van der Waals surface area contributed by atoms with Gasteiger partial charge in [-0.25, -0.2) is 10.0 Å². The predicted octanol–water partition coefficient (Wildman–Crippen LogP) is 2.72. The Hall–Kier alpha value is 0.350. The lowest BCUT2D eigenvalue weighted by atomic mass is 10.1. The molecule has 0 nitrogen and oxygen atoms in total. The third kappa shape index (κ3) is 0.814. The van der Waals surface area contributed by atoms with Crippen LogP contribution in [0.2, 0.25) is 0 Å². The maximum Gasteiger partial charge on any atom is -0.00825 e. The van der Waals surface area contributed by atoms with Gasteiger partial charge in [0.1, 0.15) is 0 Å². The van der Waals surface area contributed by atoms with Crippen LogP contribution in [0, 0.1) is 23.7 Å². The highest BCUT2D eigenvalue weighted by atomic mass is 32.3. The van der Waals surface area contributed by atoms with Crippen LogP contribution in [0.15, 0.2) is 0 Å². The van der Waals surface area contributed by atoms with Gasteiger partial charge in [0.15, 0.2) is 0 Å². The minimum Gasteiger partial charge on any atom is -0.247 e. The normalized spacial score (nSPS) is 57.1. The Balaban J connectivity index is 1.85. The summed E-state index contributed by atoms with van der Waals surface area (Å²) in [5.74, 6) is 4.82. The van der Waals surface area contributed by atoms with Crippen molar-refractivity contribution < 1.29 is 0 Å². The van der Waals surface area contributed by atoms with Crippen molar-refractivity contribution in [3.8, 4) is 0 Å². The van der Waals surface area contributed by atoms with Crippen molar-refractivity contribution in [1.29, 1.82) is 0 Å². The van der Waals surface area contributed by atoms with Crippen LogP contribution in [0.3, 0.4) is 0 Å². The first kappa shape index (κ1) is 7.73. The summed E-state index contributed by atoms with van der Waals surface area (Å²) >= 11 is 0. The molecule has 3 aliphatic rings. The fourth-order valence-electron chi connectivity index (χ4n) is 4.09. The van der Waals surface area contributed by atoms with Gasteiger partial charge in [-0.15, -0.1) is 0 Å². The average Bonchev–Trinajstić information content (AvgIpc) is 2.34. The Kier molecular flexibility index (Phi) is 1.32. The maximum absolute atomic E-state index is 2.53. The lowest BCUT2D eigenvalue weighted by Gasteiger charge is -2.35. The van der Waals surface area contributed by atoms with Crippen molar-refractivity contribution in [2.24, 2.45) is 23.7 Å². The molecule has 3 aliphatic carbocycles. The SMILES string of the molecule is CS(C)(C)C1CC2CCC3C2[C@H]31. The molecule has 0 spiro atoms. The largest absolute Gasteiger partial charge is 0.247 e. The van der Waals surface area contributed by atoms with Crippen LogP contribution in [0.4, 0.5) is 0 Å². The summed E-state index contributed by atoms with van der Waals surface area (Å²) in [6.45, 7) is 0. The van der Waals surface area contributed by atoms with Gasteiger partial charge in [-0.3, -0.25) is 0 Å². The number of rotatable bonds is 1. The molecule has 3 saturated carbocycles. The Morgan fingerprint density at radius 3 is 2.25 bits per heavy atom. The molecule has 3 rings (SSSR count). The first-order chi connectivity index (χ1) is 5.59. The summed E-state index contributed by atoms with van der Waals surface area (Å²) in [5, 5.41) is 1.15. The third-order valence-corrected chi connectivity index (χ3v) is 6.90. The molecule has 0 N–H and O–H groups in total. The molecule has 3 fully saturated rings. The highest BCUT2D eigenvalue weighted by Crippen LogP contribution is 2.74. The third-order valence-electron chi connectivity index (χ3n) is 4.58. The zero-order valence-electron chi connectivity index (χ0n) is 8.42. The van der Waals surface area contributed by atoms with Crippen LogP contribution in [0.25, 0.3) is 0 Å². The molecule has 1 heteroatoms. The zero-order chi connectivity index (χ0) is 8.51. The zero-order valence-corrected chi connectivity index (χ0v) is 9.23. The fraction of sp³-hybridized carbons (Fsp3) is 1.00. The van der Waals surface area contributed by atoms with Crippen molar-refractivity contribution in [2.45, 2.75) is 24.5 Å². The van der Waals surface area contributed by atoms with E-state index in [1.54, 1.807) is 19.3 Å². The van der Waals surface area contributed by atoms with Gasteiger partial charge in [0.25, 0.3) is 0 Å². The van der Waals surface area contributed by atoms with Crippen molar-refractivity contribution in [3.63, 3.8) is 0 Å². The van der Waals surface area contributed by atoms with E-state index in [9.17, 15) is 0 Å². The molecule has 0 aromatic carbocycles. The Bertz CT molecular complexity index is 216. The number of fused-ring (bicyclic) bond motifs is 1. The van der Waals surface area contributed by atoms with Gasteiger partial charge in [0.2, 0.25) is 0 Å². The van der Waals surface area contributed by atoms with Gasteiger partial charge in [-0.2, -0.15) is 0 Å². The second kappa shape index (κ2) is 2.05. The van der Waals surface area contributed by atoms with Gasteiger partial charge in [0, 0.05) is 0 Å². The van der Waals surface area contributed by atoms with E-state index in [0.29, 0.717) is 0 Å². The fourth-order valence-corrected chi connectivity index (χ4v) is 6.24. The molecular formula is C11H20S. The highest BCUT2D eigenvalue weighted by molar-refractivity contribution is 8.32. The van der Waals surface area contributed by atoms with Gasteiger partial charge < -0.3 is 0 Å². The summed E-state index contributed by atoms with van der Waals surface area (Å²) in [4.78, 5) is 0. The van der Waals surface area contributed by atoms with E-state index in [0.717, 1.165) is 5.25 Å². The van der Waals surface area contributed by atoms with Crippen molar-refractivity contribution in [2.75, 3.05) is 18.8 Å². The number of hydrogen-bond donors (Lipinski definition) is 0. The summed E-state index contributed by atoms with van der Waals surface area (Å²) < 4.78 is 0. The van der Waals surface area contributed by atoms with Crippen LogP contribution >= 0.6 is 10.0 Å². The monoisotopic (exact) mass is 184 g/mol. The molecule has 0 aromatic heterocycles. The standard InChI is InChI=1S/C11H20S/c1-12(2,3)9-6-7-4-5-8-10(7)11(8)9/h7-11H,4-6H2,1-3H3/t7?,8?,9?,10?,11-/m1/s1. The van der Waals surface area contributed by atoms with E-state index < -0.39 is 0 Å². The average molecular weight is 184 g/mol. The molecule has 0 aliphatic heterocycles. The van der Waals surface area contributed by atoms with Crippen LogP contribution in [0.1, 0.15) is 19.3 Å².